The summed E-state index contributed by atoms with van der Waals surface area (Å²) >= 11 is 0. The number of esters is 1. The van der Waals surface area contributed by atoms with Crippen molar-refractivity contribution in [2.75, 3.05) is 25.0 Å². The highest BCUT2D eigenvalue weighted by Gasteiger charge is 2.18. The van der Waals surface area contributed by atoms with Gasteiger partial charge in [0.2, 0.25) is 11.9 Å². The topological polar surface area (TPSA) is 84.4 Å². The van der Waals surface area contributed by atoms with Crippen LogP contribution in [0.15, 0.2) is 18.5 Å². The van der Waals surface area contributed by atoms with Gasteiger partial charge in [0.15, 0.2) is 0 Å². The summed E-state index contributed by atoms with van der Waals surface area (Å²) in [6.07, 6.45) is 3.09. The Morgan fingerprint density at radius 2 is 1.95 bits per heavy atom. The van der Waals surface area contributed by atoms with Crippen molar-refractivity contribution >= 4 is 17.8 Å². The summed E-state index contributed by atoms with van der Waals surface area (Å²) in [6, 6.07) is 1.71. The van der Waals surface area contributed by atoms with Gasteiger partial charge in [0, 0.05) is 18.4 Å². The monoisotopic (exact) mass is 280 g/mol. The molecule has 0 fully saturated rings. The van der Waals surface area contributed by atoms with Crippen molar-refractivity contribution in [1.29, 1.82) is 0 Å². The molecule has 0 radical (unpaired) electrons. The molecule has 0 aliphatic heterocycles. The van der Waals surface area contributed by atoms with E-state index in [0.29, 0.717) is 6.61 Å². The Morgan fingerprint density at radius 3 is 2.50 bits per heavy atom. The maximum atomic E-state index is 11.9. The molecule has 110 valence electrons. The van der Waals surface area contributed by atoms with Gasteiger partial charge < -0.3 is 4.74 Å². The van der Waals surface area contributed by atoms with Gasteiger partial charge in [-0.2, -0.15) is 0 Å². The van der Waals surface area contributed by atoms with E-state index in [1.165, 1.54) is 0 Å². The molecule has 1 aromatic heterocycles. The molecule has 0 spiro atoms. The van der Waals surface area contributed by atoms with Crippen molar-refractivity contribution in [3.8, 4) is 0 Å². The lowest BCUT2D eigenvalue weighted by Crippen LogP contribution is -2.41. The Morgan fingerprint density at radius 1 is 1.30 bits per heavy atom. The fourth-order valence-corrected chi connectivity index (χ4v) is 1.51. The molecule has 1 aromatic rings. The Balaban J connectivity index is 2.53. The van der Waals surface area contributed by atoms with Gasteiger partial charge in [-0.3, -0.25) is 19.8 Å². The first-order valence-electron chi connectivity index (χ1n) is 6.49. The minimum atomic E-state index is -0.343. The van der Waals surface area contributed by atoms with Crippen LogP contribution in [0.5, 0.6) is 0 Å². The zero-order valence-electron chi connectivity index (χ0n) is 12.0. The van der Waals surface area contributed by atoms with Crippen molar-refractivity contribution in [3.63, 3.8) is 0 Å². The Labute approximate surface area is 118 Å². The fourth-order valence-electron chi connectivity index (χ4n) is 1.51. The number of rotatable bonds is 7. The first kappa shape index (κ1) is 16.0. The second-order valence-corrected chi connectivity index (χ2v) is 4.42. The largest absolute Gasteiger partial charge is 0.465 e. The highest BCUT2D eigenvalue weighted by Crippen LogP contribution is 2.01. The van der Waals surface area contributed by atoms with Gasteiger partial charge in [-0.15, -0.1) is 0 Å². The van der Waals surface area contributed by atoms with Gasteiger partial charge in [0.05, 0.1) is 19.7 Å². The van der Waals surface area contributed by atoms with Crippen LogP contribution in [0.3, 0.4) is 0 Å². The van der Waals surface area contributed by atoms with E-state index in [4.69, 9.17) is 4.74 Å². The molecule has 1 rings (SSSR count). The molecule has 0 saturated heterocycles. The lowest BCUT2D eigenvalue weighted by atomic mass is 10.3. The molecule has 0 aromatic carbocycles. The van der Waals surface area contributed by atoms with Crippen LogP contribution in [0.2, 0.25) is 0 Å². The molecule has 1 heterocycles. The minimum absolute atomic E-state index is 0.0434. The molecule has 0 atom stereocenters. The van der Waals surface area contributed by atoms with Crippen molar-refractivity contribution in [2.45, 2.75) is 26.8 Å². The summed E-state index contributed by atoms with van der Waals surface area (Å²) in [4.78, 5) is 32.9. The Hall–Kier alpha value is -2.02. The van der Waals surface area contributed by atoms with Crippen LogP contribution < -0.4 is 5.32 Å². The van der Waals surface area contributed by atoms with Gasteiger partial charge in [0.1, 0.15) is 0 Å². The van der Waals surface area contributed by atoms with Gasteiger partial charge in [-0.05, 0) is 26.8 Å². The van der Waals surface area contributed by atoms with Crippen molar-refractivity contribution < 1.29 is 14.3 Å². The highest BCUT2D eigenvalue weighted by atomic mass is 16.5. The minimum Gasteiger partial charge on any atom is -0.465 e. The molecular formula is C13H20N4O3. The molecule has 1 amide bonds. The number of aromatic nitrogens is 2. The lowest BCUT2D eigenvalue weighted by Gasteiger charge is -2.24. The molecule has 0 saturated carbocycles. The molecule has 0 unspecified atom stereocenters. The predicted octanol–water partition coefficient (Wildman–Crippen LogP) is 0.689. The van der Waals surface area contributed by atoms with Crippen LogP contribution in [-0.2, 0) is 14.3 Å². The second kappa shape index (κ2) is 8.21. The summed E-state index contributed by atoms with van der Waals surface area (Å²) in [7, 11) is 0. The van der Waals surface area contributed by atoms with Gasteiger partial charge >= 0.3 is 5.97 Å². The number of hydrogen-bond donors (Lipinski definition) is 1. The summed E-state index contributed by atoms with van der Waals surface area (Å²) in [5, 5.41) is 2.58. The average Bonchev–Trinajstić information content (AvgIpc) is 2.39. The lowest BCUT2D eigenvalue weighted by molar-refractivity contribution is -0.145. The van der Waals surface area contributed by atoms with Crippen molar-refractivity contribution in [2.24, 2.45) is 0 Å². The van der Waals surface area contributed by atoms with E-state index < -0.39 is 0 Å². The number of ether oxygens (including phenoxy) is 1. The smallest absolute Gasteiger partial charge is 0.320 e. The summed E-state index contributed by atoms with van der Waals surface area (Å²) in [6.45, 7) is 6.05. The number of amides is 1. The number of carbonyl (C=O) groups excluding carboxylic acids is 2. The molecule has 0 bridgehead atoms. The standard InChI is InChI=1S/C13H20N4O3/c1-4-20-12(19)9-17(10(2)3)8-11(18)16-13-14-6-5-7-15-13/h5-7,10H,4,8-9H2,1-3H3,(H,14,15,16,18). The first-order valence-corrected chi connectivity index (χ1v) is 6.49. The molecular weight excluding hydrogens is 260 g/mol. The maximum absolute atomic E-state index is 11.9. The molecule has 0 aliphatic carbocycles. The van der Waals surface area contributed by atoms with E-state index in [-0.39, 0.29) is 37.0 Å². The van der Waals surface area contributed by atoms with Crippen LogP contribution in [0, 0.1) is 0 Å². The third-order valence-corrected chi connectivity index (χ3v) is 2.53. The van der Waals surface area contributed by atoms with Crippen molar-refractivity contribution in [1.82, 2.24) is 14.9 Å². The van der Waals surface area contributed by atoms with Crippen LogP contribution in [-0.4, -0.2) is 52.5 Å². The molecule has 7 nitrogen and oxygen atoms in total. The van der Waals surface area contributed by atoms with E-state index in [9.17, 15) is 9.59 Å². The van der Waals surface area contributed by atoms with Crippen LogP contribution in [0.25, 0.3) is 0 Å². The molecule has 20 heavy (non-hydrogen) atoms. The first-order chi connectivity index (χ1) is 9.52. The molecule has 7 heteroatoms. The van der Waals surface area contributed by atoms with Gasteiger partial charge in [-0.25, -0.2) is 9.97 Å². The molecule has 0 aliphatic rings. The van der Waals surface area contributed by atoms with Crippen LogP contribution in [0.1, 0.15) is 20.8 Å². The highest BCUT2D eigenvalue weighted by molar-refractivity contribution is 5.90. The third-order valence-electron chi connectivity index (χ3n) is 2.53. The average molecular weight is 280 g/mol. The second-order valence-electron chi connectivity index (χ2n) is 4.42. The summed E-state index contributed by atoms with van der Waals surface area (Å²) < 4.78 is 4.89. The van der Waals surface area contributed by atoms with Crippen molar-refractivity contribution in [3.05, 3.63) is 18.5 Å². The Bertz CT molecular complexity index is 437. The maximum Gasteiger partial charge on any atom is 0.320 e. The zero-order chi connectivity index (χ0) is 15.0. The van der Waals surface area contributed by atoms with E-state index in [2.05, 4.69) is 15.3 Å². The van der Waals surface area contributed by atoms with E-state index in [1.54, 1.807) is 30.3 Å². The zero-order valence-corrected chi connectivity index (χ0v) is 12.0. The quantitative estimate of drug-likeness (QED) is 0.740. The number of nitrogens with zero attached hydrogens (tertiary/aromatic N) is 3. The third kappa shape index (κ3) is 5.75. The summed E-state index contributed by atoms with van der Waals surface area (Å²) in [5.74, 6) is -0.364. The summed E-state index contributed by atoms with van der Waals surface area (Å²) in [5.41, 5.74) is 0. The van der Waals surface area contributed by atoms with Crippen LogP contribution >= 0.6 is 0 Å². The Kier molecular flexibility index (Phi) is 6.58. The predicted molar refractivity (Wildman–Crippen MR) is 74.0 cm³/mol. The number of nitrogens with one attached hydrogen (secondary N) is 1. The van der Waals surface area contributed by atoms with Gasteiger partial charge in [0.25, 0.3) is 0 Å². The molecule has 1 N–H and O–H groups in total. The van der Waals surface area contributed by atoms with Gasteiger partial charge in [-0.1, -0.05) is 0 Å². The van der Waals surface area contributed by atoms with E-state index >= 15 is 0 Å². The van der Waals surface area contributed by atoms with Crippen LogP contribution in [0.4, 0.5) is 5.95 Å². The van der Waals surface area contributed by atoms with E-state index in [0.717, 1.165) is 0 Å². The number of anilines is 1. The number of hydrogen-bond acceptors (Lipinski definition) is 6. The number of carbonyl (C=O) groups is 2. The fraction of sp³-hybridized carbons (Fsp3) is 0.538. The van der Waals surface area contributed by atoms with E-state index in [1.807, 2.05) is 13.8 Å². The normalized spacial score (nSPS) is 10.7. The SMILES string of the molecule is CCOC(=O)CN(CC(=O)Nc1ncccn1)C(C)C.